The van der Waals surface area contributed by atoms with Crippen molar-refractivity contribution in [3.63, 3.8) is 0 Å². The van der Waals surface area contributed by atoms with Gasteiger partial charge in [0.05, 0.1) is 0 Å². The maximum atomic E-state index is 2.44. The predicted octanol–water partition coefficient (Wildman–Crippen LogP) is 7.04. The minimum Gasteiger partial charge on any atom is -0.0651 e. The standard InChI is InChI=1S/C26H22/c1-2-7-18-14-22-13-12-19-8-5-6-11-24(19)26(22)25(15-18)23-16-20-9-3-4-10-21(20)17-23/h3-6,8-16H,2,7,17H2,1H3. The first-order valence-corrected chi connectivity index (χ1v) is 9.57. The minimum absolute atomic E-state index is 1.03. The summed E-state index contributed by atoms with van der Waals surface area (Å²) in [5.41, 5.74) is 7.13. The Kier molecular flexibility index (Phi) is 3.64. The largest absolute Gasteiger partial charge is 0.0651 e. The fourth-order valence-electron chi connectivity index (χ4n) is 4.35. The first-order chi connectivity index (χ1) is 12.8. The number of hydrogen-bond acceptors (Lipinski definition) is 0. The van der Waals surface area contributed by atoms with Crippen LogP contribution in [0.5, 0.6) is 0 Å². The fourth-order valence-corrected chi connectivity index (χ4v) is 4.35. The van der Waals surface area contributed by atoms with Crippen molar-refractivity contribution < 1.29 is 0 Å². The van der Waals surface area contributed by atoms with E-state index in [1.807, 2.05) is 0 Å². The molecule has 0 atom stereocenters. The number of hydrogen-bond donors (Lipinski definition) is 0. The zero-order chi connectivity index (χ0) is 17.5. The molecule has 0 aliphatic heterocycles. The molecule has 0 heterocycles. The van der Waals surface area contributed by atoms with Gasteiger partial charge in [-0.15, -0.1) is 0 Å². The molecule has 4 aromatic carbocycles. The van der Waals surface area contributed by atoms with E-state index in [1.165, 1.54) is 55.8 Å². The molecule has 0 bridgehead atoms. The van der Waals surface area contributed by atoms with E-state index in [1.54, 1.807) is 0 Å². The highest BCUT2D eigenvalue weighted by molar-refractivity contribution is 6.14. The highest BCUT2D eigenvalue weighted by Crippen LogP contribution is 2.38. The van der Waals surface area contributed by atoms with Gasteiger partial charge in [0.2, 0.25) is 0 Å². The second-order valence-corrected chi connectivity index (χ2v) is 7.32. The normalized spacial score (nSPS) is 13.2. The number of rotatable bonds is 3. The molecular weight excluding hydrogens is 312 g/mol. The van der Waals surface area contributed by atoms with Crippen LogP contribution in [-0.4, -0.2) is 0 Å². The smallest absolute Gasteiger partial charge is 0.00134 e. The third-order valence-electron chi connectivity index (χ3n) is 5.55. The highest BCUT2D eigenvalue weighted by atomic mass is 14.2. The van der Waals surface area contributed by atoms with E-state index < -0.39 is 0 Å². The van der Waals surface area contributed by atoms with Crippen LogP contribution in [0.2, 0.25) is 0 Å². The molecule has 0 aromatic heterocycles. The lowest BCUT2D eigenvalue weighted by Gasteiger charge is -2.14. The van der Waals surface area contributed by atoms with Gasteiger partial charge in [0.15, 0.2) is 0 Å². The van der Waals surface area contributed by atoms with Gasteiger partial charge in [-0.1, -0.05) is 92.2 Å². The van der Waals surface area contributed by atoms with E-state index in [0.717, 1.165) is 12.8 Å². The lowest BCUT2D eigenvalue weighted by molar-refractivity contribution is 0.923. The zero-order valence-electron chi connectivity index (χ0n) is 15.1. The van der Waals surface area contributed by atoms with E-state index in [2.05, 4.69) is 85.8 Å². The van der Waals surface area contributed by atoms with Gasteiger partial charge in [-0.3, -0.25) is 0 Å². The summed E-state index contributed by atoms with van der Waals surface area (Å²) in [7, 11) is 0. The van der Waals surface area contributed by atoms with Crippen LogP contribution >= 0.6 is 0 Å². The van der Waals surface area contributed by atoms with Crippen molar-refractivity contribution in [1.29, 1.82) is 0 Å². The first-order valence-electron chi connectivity index (χ1n) is 9.57. The molecule has 0 amide bonds. The van der Waals surface area contributed by atoms with Gasteiger partial charge in [0, 0.05) is 0 Å². The zero-order valence-corrected chi connectivity index (χ0v) is 15.1. The van der Waals surface area contributed by atoms with Gasteiger partial charge in [-0.2, -0.15) is 0 Å². The summed E-state index contributed by atoms with van der Waals surface area (Å²) in [6.45, 7) is 2.26. The van der Waals surface area contributed by atoms with Gasteiger partial charge >= 0.3 is 0 Å². The Labute approximate surface area is 154 Å². The van der Waals surface area contributed by atoms with Crippen molar-refractivity contribution in [3.8, 4) is 0 Å². The van der Waals surface area contributed by atoms with E-state index in [0.29, 0.717) is 0 Å². The molecule has 0 spiro atoms. The molecule has 0 fully saturated rings. The van der Waals surface area contributed by atoms with Gasteiger partial charge in [-0.05, 0) is 62.2 Å². The monoisotopic (exact) mass is 334 g/mol. The van der Waals surface area contributed by atoms with Crippen molar-refractivity contribution in [3.05, 3.63) is 95.1 Å². The van der Waals surface area contributed by atoms with Crippen LogP contribution in [0, 0.1) is 0 Å². The molecule has 4 aromatic rings. The summed E-state index contributed by atoms with van der Waals surface area (Å²) in [4.78, 5) is 0. The third kappa shape index (κ3) is 2.45. The molecule has 0 nitrogen and oxygen atoms in total. The fraction of sp³-hybridized carbons (Fsp3) is 0.154. The Balaban J connectivity index is 1.81. The quantitative estimate of drug-likeness (QED) is 0.352. The van der Waals surface area contributed by atoms with Crippen LogP contribution in [0.25, 0.3) is 33.2 Å². The lowest BCUT2D eigenvalue weighted by atomic mass is 9.90. The van der Waals surface area contributed by atoms with Crippen LogP contribution in [-0.2, 0) is 12.8 Å². The second-order valence-electron chi connectivity index (χ2n) is 7.32. The highest BCUT2D eigenvalue weighted by Gasteiger charge is 2.17. The Morgan fingerprint density at radius 3 is 2.50 bits per heavy atom. The summed E-state index contributed by atoms with van der Waals surface area (Å²) in [6, 6.07) is 26.9. The molecule has 0 saturated carbocycles. The van der Waals surface area contributed by atoms with Crippen molar-refractivity contribution in [2.45, 2.75) is 26.2 Å². The number of fused-ring (bicyclic) bond motifs is 4. The van der Waals surface area contributed by atoms with Gasteiger partial charge in [-0.25, -0.2) is 0 Å². The first kappa shape index (κ1) is 15.4. The number of benzene rings is 4. The molecular formula is C26H22. The van der Waals surface area contributed by atoms with Crippen LogP contribution in [0.4, 0.5) is 0 Å². The summed E-state index contributed by atoms with van der Waals surface area (Å²) in [5, 5.41) is 5.45. The minimum atomic E-state index is 1.03. The van der Waals surface area contributed by atoms with E-state index in [4.69, 9.17) is 0 Å². The molecule has 1 aliphatic rings. The maximum absolute atomic E-state index is 2.44. The summed E-state index contributed by atoms with van der Waals surface area (Å²) in [6.07, 6.45) is 5.74. The van der Waals surface area contributed by atoms with Crippen LogP contribution in [0.15, 0.2) is 72.8 Å². The van der Waals surface area contributed by atoms with Gasteiger partial charge in [0.25, 0.3) is 0 Å². The molecule has 5 rings (SSSR count). The van der Waals surface area contributed by atoms with E-state index in [-0.39, 0.29) is 0 Å². The Bertz CT molecular complexity index is 1160. The molecule has 0 heteroatoms. The average Bonchev–Trinajstić information content (AvgIpc) is 3.11. The van der Waals surface area contributed by atoms with Gasteiger partial charge < -0.3 is 0 Å². The molecule has 0 N–H and O–H groups in total. The van der Waals surface area contributed by atoms with Crippen molar-refractivity contribution in [1.82, 2.24) is 0 Å². The summed E-state index contributed by atoms with van der Waals surface area (Å²) in [5.74, 6) is 0. The van der Waals surface area contributed by atoms with E-state index >= 15 is 0 Å². The molecule has 126 valence electrons. The second kappa shape index (κ2) is 6.14. The topological polar surface area (TPSA) is 0 Å². The maximum Gasteiger partial charge on any atom is -0.00134 e. The molecule has 1 aliphatic carbocycles. The van der Waals surface area contributed by atoms with Crippen molar-refractivity contribution >= 4 is 33.2 Å². The van der Waals surface area contributed by atoms with Crippen LogP contribution < -0.4 is 0 Å². The average molecular weight is 334 g/mol. The Morgan fingerprint density at radius 1 is 0.808 bits per heavy atom. The van der Waals surface area contributed by atoms with Crippen LogP contribution in [0.1, 0.15) is 35.6 Å². The molecule has 26 heavy (non-hydrogen) atoms. The van der Waals surface area contributed by atoms with Crippen molar-refractivity contribution in [2.24, 2.45) is 0 Å². The predicted molar refractivity (Wildman–Crippen MR) is 113 cm³/mol. The molecule has 0 unspecified atom stereocenters. The number of allylic oxidation sites excluding steroid dienone is 1. The molecule has 0 radical (unpaired) electrons. The van der Waals surface area contributed by atoms with Gasteiger partial charge in [0.1, 0.15) is 0 Å². The Morgan fingerprint density at radius 2 is 1.62 bits per heavy atom. The van der Waals surface area contributed by atoms with Crippen molar-refractivity contribution in [2.75, 3.05) is 0 Å². The molecule has 0 saturated heterocycles. The number of aryl methyl sites for hydroxylation is 1. The van der Waals surface area contributed by atoms with Crippen LogP contribution in [0.3, 0.4) is 0 Å². The summed E-state index contributed by atoms with van der Waals surface area (Å²) >= 11 is 0. The SMILES string of the molecule is CCCc1cc(C2=Cc3ccccc3C2)c2c(ccc3ccccc32)c1. The third-order valence-corrected chi connectivity index (χ3v) is 5.55. The van der Waals surface area contributed by atoms with E-state index in [9.17, 15) is 0 Å². The Hall–Kier alpha value is -2.86. The lowest BCUT2D eigenvalue weighted by Crippen LogP contribution is -1.93. The summed E-state index contributed by atoms with van der Waals surface area (Å²) < 4.78 is 0.